The first kappa shape index (κ1) is 9.61. The summed E-state index contributed by atoms with van der Waals surface area (Å²) < 4.78 is 3.81. The number of nitrogens with zero attached hydrogens (tertiary/aromatic N) is 2. The summed E-state index contributed by atoms with van der Waals surface area (Å²) in [6.07, 6.45) is 2.21. The lowest BCUT2D eigenvalue weighted by molar-refractivity contribution is 0.398. The highest BCUT2D eigenvalue weighted by molar-refractivity contribution is 7.03. The number of hydrogen-bond donors (Lipinski definition) is 1. The van der Waals surface area contributed by atoms with Crippen molar-refractivity contribution in [3.63, 3.8) is 0 Å². The molecule has 0 saturated carbocycles. The predicted molar refractivity (Wildman–Crippen MR) is 50.9 cm³/mol. The van der Waals surface area contributed by atoms with Gasteiger partial charge in [0.2, 0.25) is 0 Å². The molecular weight excluding hydrogens is 170 g/mol. The van der Waals surface area contributed by atoms with Crippen LogP contribution in [0.5, 0.6) is 0 Å². The Kier molecular flexibility index (Phi) is 3.62. The molecule has 0 radical (unpaired) electrons. The fourth-order valence-corrected chi connectivity index (χ4v) is 1.86. The number of nitrogens with two attached hydrogens (primary N) is 1. The molecule has 4 heteroatoms. The van der Waals surface area contributed by atoms with E-state index in [0.717, 1.165) is 18.5 Å². The topological polar surface area (TPSA) is 51.8 Å². The molecule has 12 heavy (non-hydrogen) atoms. The van der Waals surface area contributed by atoms with Crippen LogP contribution in [0.2, 0.25) is 0 Å². The molecule has 0 aliphatic carbocycles. The quantitative estimate of drug-likeness (QED) is 0.780. The molecule has 1 heterocycles. The van der Waals surface area contributed by atoms with Gasteiger partial charge in [0, 0.05) is 5.38 Å². The number of rotatable bonds is 4. The van der Waals surface area contributed by atoms with Gasteiger partial charge in [-0.25, -0.2) is 0 Å². The van der Waals surface area contributed by atoms with Crippen molar-refractivity contribution in [1.29, 1.82) is 0 Å². The molecule has 0 bridgehead atoms. The Bertz CT molecular complexity index is 206. The van der Waals surface area contributed by atoms with Crippen molar-refractivity contribution >= 4 is 11.5 Å². The molecule has 1 aromatic rings. The third-order valence-corrected chi connectivity index (χ3v) is 2.80. The molecule has 0 aliphatic heterocycles. The minimum Gasteiger partial charge on any atom is -0.322 e. The van der Waals surface area contributed by atoms with Gasteiger partial charge in [0.15, 0.2) is 0 Å². The lowest BCUT2D eigenvalue weighted by Crippen LogP contribution is -2.20. The van der Waals surface area contributed by atoms with Crippen molar-refractivity contribution in [1.82, 2.24) is 9.59 Å². The smallest absolute Gasteiger partial charge is 0.0925 e. The fraction of sp³-hybridized carbons (Fsp3) is 0.750. The van der Waals surface area contributed by atoms with Crippen molar-refractivity contribution < 1.29 is 0 Å². The Morgan fingerprint density at radius 1 is 1.50 bits per heavy atom. The second-order valence-corrected chi connectivity index (χ2v) is 3.54. The second-order valence-electron chi connectivity index (χ2n) is 2.93. The molecule has 1 unspecified atom stereocenters. The van der Waals surface area contributed by atoms with Gasteiger partial charge in [-0.1, -0.05) is 31.2 Å². The fourth-order valence-electron chi connectivity index (χ4n) is 1.36. The lowest BCUT2D eigenvalue weighted by Gasteiger charge is -2.18. The first-order valence-electron chi connectivity index (χ1n) is 4.32. The molecule has 0 aliphatic rings. The molecule has 2 N–H and O–H groups in total. The zero-order valence-electron chi connectivity index (χ0n) is 7.53. The van der Waals surface area contributed by atoms with Crippen LogP contribution in [0, 0.1) is 5.92 Å². The van der Waals surface area contributed by atoms with Crippen LogP contribution in [0.3, 0.4) is 0 Å². The molecule has 1 aromatic heterocycles. The van der Waals surface area contributed by atoms with Gasteiger partial charge in [-0.2, -0.15) is 0 Å². The summed E-state index contributed by atoms with van der Waals surface area (Å²) in [5.41, 5.74) is 6.95. The maximum atomic E-state index is 6.01. The van der Waals surface area contributed by atoms with E-state index in [1.54, 1.807) is 0 Å². The van der Waals surface area contributed by atoms with Crippen molar-refractivity contribution in [3.05, 3.63) is 11.1 Å². The van der Waals surface area contributed by atoms with Gasteiger partial charge in [0.1, 0.15) is 0 Å². The highest BCUT2D eigenvalue weighted by Gasteiger charge is 2.17. The van der Waals surface area contributed by atoms with Crippen LogP contribution in [0.25, 0.3) is 0 Å². The first-order valence-corrected chi connectivity index (χ1v) is 5.15. The molecule has 68 valence electrons. The van der Waals surface area contributed by atoms with Crippen LogP contribution in [-0.4, -0.2) is 9.59 Å². The average Bonchev–Trinajstić information content (AvgIpc) is 2.58. The van der Waals surface area contributed by atoms with Gasteiger partial charge in [0.05, 0.1) is 11.7 Å². The second kappa shape index (κ2) is 4.52. The Balaban J connectivity index is 2.63. The van der Waals surface area contributed by atoms with Crippen LogP contribution in [-0.2, 0) is 0 Å². The van der Waals surface area contributed by atoms with Gasteiger partial charge < -0.3 is 5.73 Å². The van der Waals surface area contributed by atoms with E-state index in [-0.39, 0.29) is 6.04 Å². The molecule has 0 fully saturated rings. The minimum absolute atomic E-state index is 0.0683. The van der Waals surface area contributed by atoms with E-state index in [4.69, 9.17) is 5.73 Å². The number of aromatic nitrogens is 2. The molecule has 1 rings (SSSR count). The average molecular weight is 185 g/mol. The molecule has 1 atom stereocenters. The zero-order valence-corrected chi connectivity index (χ0v) is 8.34. The minimum atomic E-state index is 0.0683. The van der Waals surface area contributed by atoms with E-state index >= 15 is 0 Å². The zero-order chi connectivity index (χ0) is 8.97. The van der Waals surface area contributed by atoms with E-state index in [2.05, 4.69) is 23.4 Å². The molecule has 0 spiro atoms. The Hall–Kier alpha value is -0.480. The summed E-state index contributed by atoms with van der Waals surface area (Å²) in [4.78, 5) is 0. The molecule has 3 nitrogen and oxygen atoms in total. The predicted octanol–water partition coefficient (Wildman–Crippen LogP) is 1.97. The summed E-state index contributed by atoms with van der Waals surface area (Å²) in [5.74, 6) is 0.536. The third-order valence-electron chi connectivity index (χ3n) is 2.28. The van der Waals surface area contributed by atoms with Crippen LogP contribution in [0.15, 0.2) is 5.38 Å². The van der Waals surface area contributed by atoms with Gasteiger partial charge >= 0.3 is 0 Å². The Morgan fingerprint density at radius 2 is 2.17 bits per heavy atom. The van der Waals surface area contributed by atoms with Crippen molar-refractivity contribution in [2.45, 2.75) is 32.7 Å². The monoisotopic (exact) mass is 185 g/mol. The lowest BCUT2D eigenvalue weighted by atomic mass is 9.93. The third kappa shape index (κ3) is 2.01. The Morgan fingerprint density at radius 3 is 2.58 bits per heavy atom. The van der Waals surface area contributed by atoms with E-state index in [9.17, 15) is 0 Å². The van der Waals surface area contributed by atoms with Gasteiger partial charge in [-0.3, -0.25) is 0 Å². The summed E-state index contributed by atoms with van der Waals surface area (Å²) >= 11 is 1.37. The molecule has 0 amide bonds. The standard InChI is InChI=1S/C8H15N3S/c1-3-6(4-2)8(9)7-5-12-11-10-7/h5-6,8H,3-4,9H2,1-2H3. The van der Waals surface area contributed by atoms with E-state index < -0.39 is 0 Å². The van der Waals surface area contributed by atoms with Gasteiger partial charge in [0.25, 0.3) is 0 Å². The van der Waals surface area contributed by atoms with Crippen molar-refractivity contribution in [3.8, 4) is 0 Å². The highest BCUT2D eigenvalue weighted by Crippen LogP contribution is 2.23. The summed E-state index contributed by atoms with van der Waals surface area (Å²) in [6.45, 7) is 4.32. The van der Waals surface area contributed by atoms with E-state index in [0.29, 0.717) is 5.92 Å². The van der Waals surface area contributed by atoms with E-state index in [1.165, 1.54) is 11.5 Å². The maximum Gasteiger partial charge on any atom is 0.0925 e. The Labute approximate surface area is 77.2 Å². The number of hydrogen-bond acceptors (Lipinski definition) is 4. The molecule has 0 saturated heterocycles. The first-order chi connectivity index (χ1) is 5.79. The maximum absolute atomic E-state index is 6.01. The van der Waals surface area contributed by atoms with E-state index in [1.807, 2.05) is 5.38 Å². The van der Waals surface area contributed by atoms with Crippen LogP contribution in [0.4, 0.5) is 0 Å². The van der Waals surface area contributed by atoms with Gasteiger partial charge in [-0.15, -0.1) is 5.10 Å². The van der Waals surface area contributed by atoms with Crippen LogP contribution >= 0.6 is 11.5 Å². The SMILES string of the molecule is CCC(CC)C(N)c1csnn1. The largest absolute Gasteiger partial charge is 0.322 e. The van der Waals surface area contributed by atoms with Crippen molar-refractivity contribution in [2.24, 2.45) is 11.7 Å². The summed E-state index contributed by atoms with van der Waals surface area (Å²) in [6, 6.07) is 0.0683. The summed E-state index contributed by atoms with van der Waals surface area (Å²) in [5, 5.41) is 5.91. The van der Waals surface area contributed by atoms with Crippen LogP contribution < -0.4 is 5.73 Å². The van der Waals surface area contributed by atoms with Crippen LogP contribution in [0.1, 0.15) is 38.4 Å². The summed E-state index contributed by atoms with van der Waals surface area (Å²) in [7, 11) is 0. The van der Waals surface area contributed by atoms with Gasteiger partial charge in [-0.05, 0) is 17.5 Å². The molecule has 0 aromatic carbocycles. The normalized spacial score (nSPS) is 13.7. The molecular formula is C8H15N3S. The van der Waals surface area contributed by atoms with Crippen molar-refractivity contribution in [2.75, 3.05) is 0 Å². The highest BCUT2D eigenvalue weighted by atomic mass is 32.1.